The monoisotopic (exact) mass is 208 g/mol. The summed E-state index contributed by atoms with van der Waals surface area (Å²) in [4.78, 5) is 10.9. The van der Waals surface area contributed by atoms with Gasteiger partial charge in [0.15, 0.2) is 6.10 Å². The minimum Gasteiger partial charge on any atom is -0.479 e. The van der Waals surface area contributed by atoms with Crippen LogP contribution in [-0.4, -0.2) is 30.4 Å². The molecule has 4 nitrogen and oxygen atoms in total. The van der Waals surface area contributed by atoms with Gasteiger partial charge in [0.05, 0.1) is 13.2 Å². The van der Waals surface area contributed by atoms with E-state index in [1.807, 2.05) is 30.3 Å². The van der Waals surface area contributed by atoms with Crippen molar-refractivity contribution in [2.75, 3.05) is 13.2 Å². The van der Waals surface area contributed by atoms with Crippen LogP contribution in [0.15, 0.2) is 30.3 Å². The van der Waals surface area contributed by atoms with Gasteiger partial charge in [0.2, 0.25) is 0 Å². The van der Waals surface area contributed by atoms with E-state index < -0.39 is 18.2 Å². The molecule has 0 aromatic heterocycles. The van der Waals surface area contributed by atoms with E-state index in [2.05, 4.69) is 0 Å². The van der Waals surface area contributed by atoms with Gasteiger partial charge in [-0.3, -0.25) is 0 Å². The summed E-state index contributed by atoms with van der Waals surface area (Å²) in [6.45, 7) is 0.768. The van der Waals surface area contributed by atoms with Gasteiger partial charge in [-0.2, -0.15) is 0 Å². The predicted molar refractivity (Wildman–Crippen MR) is 52.5 cm³/mol. The van der Waals surface area contributed by atoms with E-state index in [1.54, 1.807) is 0 Å². The first-order chi connectivity index (χ1) is 7.29. The molecule has 0 unspecified atom stereocenters. The van der Waals surface area contributed by atoms with Gasteiger partial charge < -0.3 is 14.6 Å². The topological polar surface area (TPSA) is 55.8 Å². The lowest BCUT2D eigenvalue weighted by Gasteiger charge is -2.29. The second-order valence-electron chi connectivity index (χ2n) is 3.33. The van der Waals surface area contributed by atoms with E-state index in [9.17, 15) is 4.79 Å². The van der Waals surface area contributed by atoms with Crippen LogP contribution in [0, 0.1) is 0 Å². The van der Waals surface area contributed by atoms with Crippen LogP contribution < -0.4 is 0 Å². The Labute approximate surface area is 87.4 Å². The molecule has 15 heavy (non-hydrogen) atoms. The van der Waals surface area contributed by atoms with Gasteiger partial charge in [0.25, 0.3) is 0 Å². The summed E-state index contributed by atoms with van der Waals surface area (Å²) < 4.78 is 10.6. The van der Waals surface area contributed by atoms with Crippen molar-refractivity contribution in [2.45, 2.75) is 12.2 Å². The number of hydrogen-bond donors (Lipinski definition) is 1. The van der Waals surface area contributed by atoms with Crippen molar-refractivity contribution < 1.29 is 19.4 Å². The van der Waals surface area contributed by atoms with Crippen LogP contribution >= 0.6 is 0 Å². The number of carboxylic acid groups (broad SMARTS) is 1. The van der Waals surface area contributed by atoms with E-state index in [1.165, 1.54) is 0 Å². The quantitative estimate of drug-likeness (QED) is 0.794. The summed E-state index contributed by atoms with van der Waals surface area (Å²) >= 11 is 0. The third-order valence-electron chi connectivity index (χ3n) is 2.32. The average Bonchev–Trinajstić information content (AvgIpc) is 2.30. The zero-order valence-corrected chi connectivity index (χ0v) is 8.13. The summed E-state index contributed by atoms with van der Waals surface area (Å²) in [5, 5.41) is 8.96. The van der Waals surface area contributed by atoms with Crippen molar-refractivity contribution >= 4 is 5.97 Å². The van der Waals surface area contributed by atoms with Crippen LogP contribution in [0.5, 0.6) is 0 Å². The van der Waals surface area contributed by atoms with Crippen molar-refractivity contribution in [3.63, 3.8) is 0 Å². The fourth-order valence-corrected chi connectivity index (χ4v) is 1.64. The maximum Gasteiger partial charge on any atom is 0.335 e. The molecule has 2 atom stereocenters. The van der Waals surface area contributed by atoms with Crippen molar-refractivity contribution in [1.29, 1.82) is 0 Å². The lowest BCUT2D eigenvalue weighted by molar-refractivity contribution is -0.181. The zero-order chi connectivity index (χ0) is 10.7. The Kier molecular flexibility index (Phi) is 2.99. The fourth-order valence-electron chi connectivity index (χ4n) is 1.64. The largest absolute Gasteiger partial charge is 0.479 e. The molecule has 0 spiro atoms. The number of ether oxygens (including phenoxy) is 2. The lowest BCUT2D eigenvalue weighted by atomic mass is 10.0. The van der Waals surface area contributed by atoms with E-state index in [-0.39, 0.29) is 0 Å². The summed E-state index contributed by atoms with van der Waals surface area (Å²) in [6, 6.07) is 9.27. The van der Waals surface area contributed by atoms with Crippen LogP contribution in [0.3, 0.4) is 0 Å². The van der Waals surface area contributed by atoms with Crippen molar-refractivity contribution in [3.8, 4) is 0 Å². The minimum absolute atomic E-state index is 0.334. The van der Waals surface area contributed by atoms with E-state index in [0.717, 1.165) is 5.56 Å². The molecule has 0 aliphatic carbocycles. The molecule has 1 aliphatic heterocycles. The third-order valence-corrected chi connectivity index (χ3v) is 2.32. The van der Waals surface area contributed by atoms with Gasteiger partial charge in [0.1, 0.15) is 6.10 Å². The normalized spacial score (nSPS) is 26.1. The van der Waals surface area contributed by atoms with Gasteiger partial charge in [-0.15, -0.1) is 0 Å². The second-order valence-corrected chi connectivity index (χ2v) is 3.33. The molecule has 1 heterocycles. The first-order valence-electron chi connectivity index (χ1n) is 4.80. The summed E-state index contributed by atoms with van der Waals surface area (Å²) in [6.07, 6.45) is -1.40. The van der Waals surface area contributed by atoms with Gasteiger partial charge >= 0.3 is 5.97 Å². The van der Waals surface area contributed by atoms with Crippen LogP contribution in [0.4, 0.5) is 0 Å². The molecule has 4 heteroatoms. The Morgan fingerprint density at radius 2 is 1.87 bits per heavy atom. The maximum atomic E-state index is 10.9. The van der Waals surface area contributed by atoms with Gasteiger partial charge in [-0.05, 0) is 5.56 Å². The number of aliphatic carboxylic acids is 1. The van der Waals surface area contributed by atoms with Gasteiger partial charge in [0, 0.05) is 0 Å². The molecule has 1 aromatic rings. The van der Waals surface area contributed by atoms with Crippen LogP contribution in [0.2, 0.25) is 0 Å². The second kappa shape index (κ2) is 4.42. The Morgan fingerprint density at radius 3 is 2.53 bits per heavy atom. The van der Waals surface area contributed by atoms with E-state index in [0.29, 0.717) is 13.2 Å². The maximum absolute atomic E-state index is 10.9. The molecule has 0 radical (unpaired) electrons. The zero-order valence-electron chi connectivity index (χ0n) is 8.13. The highest BCUT2D eigenvalue weighted by molar-refractivity contribution is 5.73. The van der Waals surface area contributed by atoms with Crippen molar-refractivity contribution in [3.05, 3.63) is 35.9 Å². The molecule has 1 aliphatic rings. The molecule has 80 valence electrons. The molecular formula is C11H12O4. The predicted octanol–water partition coefficient (Wildman–Crippen LogP) is 1.23. The lowest BCUT2D eigenvalue weighted by Crippen LogP contribution is -2.38. The highest BCUT2D eigenvalue weighted by atomic mass is 16.6. The molecule has 0 amide bonds. The average molecular weight is 208 g/mol. The third kappa shape index (κ3) is 2.16. The molecule has 1 aromatic carbocycles. The molecule has 1 fully saturated rings. The molecule has 0 bridgehead atoms. The minimum atomic E-state index is -0.983. The number of hydrogen-bond acceptors (Lipinski definition) is 3. The van der Waals surface area contributed by atoms with Crippen LogP contribution in [0.25, 0.3) is 0 Å². The fraction of sp³-hybridized carbons (Fsp3) is 0.364. The number of benzene rings is 1. The summed E-state index contributed by atoms with van der Waals surface area (Å²) in [5.74, 6) is -0.983. The summed E-state index contributed by atoms with van der Waals surface area (Å²) in [5.41, 5.74) is 0.838. The number of rotatable bonds is 2. The summed E-state index contributed by atoms with van der Waals surface area (Å²) in [7, 11) is 0. The molecule has 0 saturated carbocycles. The standard InChI is InChI=1S/C11H12O4/c12-11(13)10-9(14-6-7-15-10)8-4-2-1-3-5-8/h1-5,9-10H,6-7H2,(H,12,13)/t9-,10+/m0/s1. The molecule has 1 N–H and O–H groups in total. The molecular weight excluding hydrogens is 196 g/mol. The van der Waals surface area contributed by atoms with Gasteiger partial charge in [-0.25, -0.2) is 4.79 Å². The van der Waals surface area contributed by atoms with Gasteiger partial charge in [-0.1, -0.05) is 30.3 Å². The first kappa shape index (κ1) is 10.1. The smallest absolute Gasteiger partial charge is 0.335 e. The Bertz CT molecular complexity index is 336. The molecule has 2 rings (SSSR count). The Hall–Kier alpha value is -1.39. The SMILES string of the molecule is O=C(O)[C@@H]1OCCO[C@H]1c1ccccc1. The van der Waals surface area contributed by atoms with E-state index in [4.69, 9.17) is 14.6 Å². The van der Waals surface area contributed by atoms with Crippen molar-refractivity contribution in [1.82, 2.24) is 0 Å². The highest BCUT2D eigenvalue weighted by Crippen LogP contribution is 2.26. The highest BCUT2D eigenvalue weighted by Gasteiger charge is 2.33. The first-order valence-corrected chi connectivity index (χ1v) is 4.80. The van der Waals surface area contributed by atoms with E-state index >= 15 is 0 Å². The Morgan fingerprint density at radius 1 is 1.20 bits per heavy atom. The van der Waals surface area contributed by atoms with Crippen LogP contribution in [-0.2, 0) is 14.3 Å². The van der Waals surface area contributed by atoms with Crippen LogP contribution in [0.1, 0.15) is 11.7 Å². The number of carbonyl (C=O) groups is 1. The van der Waals surface area contributed by atoms with Crippen molar-refractivity contribution in [2.24, 2.45) is 0 Å². The molecule has 1 saturated heterocycles. The number of carboxylic acids is 1. The Balaban J connectivity index is 2.22.